The van der Waals surface area contributed by atoms with Crippen LogP contribution in [0.15, 0.2) is 42.1 Å². The summed E-state index contributed by atoms with van der Waals surface area (Å²) in [5.74, 6) is 0.740. The number of thioether (sulfide) groups is 1. The molecule has 2 aromatic rings. The zero-order valence-electron chi connectivity index (χ0n) is 14.7. The van der Waals surface area contributed by atoms with Gasteiger partial charge in [-0.2, -0.15) is 0 Å². The Balaban J connectivity index is 1.92. The smallest absolute Gasteiger partial charge is 0.233 e. The van der Waals surface area contributed by atoms with Crippen LogP contribution in [0, 0.1) is 0 Å². The predicted octanol–water partition coefficient (Wildman–Crippen LogP) is 3.30. The van der Waals surface area contributed by atoms with E-state index in [0.29, 0.717) is 16.7 Å². The van der Waals surface area contributed by atoms with Crippen molar-refractivity contribution in [1.82, 2.24) is 20.1 Å². The maximum Gasteiger partial charge on any atom is 0.233 e. The number of nitrogens with one attached hydrogen (secondary N) is 1. The van der Waals surface area contributed by atoms with E-state index in [1.54, 1.807) is 6.08 Å². The molecule has 1 amide bonds. The third-order valence-corrected chi connectivity index (χ3v) is 5.42. The molecule has 0 saturated carbocycles. The van der Waals surface area contributed by atoms with Gasteiger partial charge in [-0.3, -0.25) is 9.36 Å². The topological polar surface area (TPSA) is 63.1 Å². The fraction of sp³-hybridized carbons (Fsp3) is 0.389. The molecule has 1 N–H and O–H groups in total. The monoisotopic (exact) mass is 391 g/mol. The van der Waals surface area contributed by atoms with Crippen molar-refractivity contribution in [2.45, 2.75) is 30.2 Å². The van der Waals surface area contributed by atoms with Gasteiger partial charge in [-0.25, -0.2) is 0 Å². The summed E-state index contributed by atoms with van der Waals surface area (Å²) in [4.78, 5) is 14.4. The summed E-state index contributed by atoms with van der Waals surface area (Å²) in [6.07, 6.45) is 3.95. The molecule has 1 aromatic heterocycles. The van der Waals surface area contributed by atoms with Crippen molar-refractivity contribution in [2.24, 2.45) is 0 Å². The molecule has 0 spiro atoms. The normalized spacial score (nSPS) is 15.1. The maximum absolute atomic E-state index is 12.2. The van der Waals surface area contributed by atoms with Gasteiger partial charge < -0.3 is 10.2 Å². The zero-order valence-corrected chi connectivity index (χ0v) is 16.3. The van der Waals surface area contributed by atoms with Gasteiger partial charge in [-0.1, -0.05) is 35.5 Å². The molecule has 26 heavy (non-hydrogen) atoms. The molecule has 2 heterocycles. The molecule has 1 aromatic carbocycles. The number of amides is 1. The van der Waals surface area contributed by atoms with Crippen molar-refractivity contribution in [2.75, 3.05) is 24.5 Å². The lowest BCUT2D eigenvalue weighted by Crippen LogP contribution is -2.31. The molecule has 1 saturated heterocycles. The fourth-order valence-electron chi connectivity index (χ4n) is 2.83. The van der Waals surface area contributed by atoms with Crippen molar-refractivity contribution >= 4 is 35.2 Å². The van der Waals surface area contributed by atoms with E-state index in [1.165, 1.54) is 11.8 Å². The fourth-order valence-corrected chi connectivity index (χ4v) is 3.90. The highest BCUT2D eigenvalue weighted by Gasteiger charge is 2.25. The predicted molar refractivity (Wildman–Crippen MR) is 106 cm³/mol. The van der Waals surface area contributed by atoms with Crippen LogP contribution in [0.25, 0.3) is 5.69 Å². The van der Waals surface area contributed by atoms with Crippen molar-refractivity contribution < 1.29 is 4.79 Å². The molecule has 3 rings (SSSR count). The number of hydrogen-bond acceptors (Lipinski definition) is 5. The average Bonchev–Trinajstić information content (AvgIpc) is 3.29. The van der Waals surface area contributed by atoms with Crippen LogP contribution in [0.3, 0.4) is 0 Å². The number of anilines is 1. The number of halogens is 1. The van der Waals surface area contributed by atoms with Crippen LogP contribution in [0.4, 0.5) is 5.95 Å². The van der Waals surface area contributed by atoms with Gasteiger partial charge >= 0.3 is 0 Å². The number of hydrogen-bond donors (Lipinski definition) is 1. The van der Waals surface area contributed by atoms with E-state index in [0.717, 1.165) is 37.6 Å². The number of benzene rings is 1. The lowest BCUT2D eigenvalue weighted by Gasteiger charge is -2.19. The Labute approximate surface area is 162 Å². The van der Waals surface area contributed by atoms with Crippen LogP contribution in [0.1, 0.15) is 19.8 Å². The molecule has 0 bridgehead atoms. The third kappa shape index (κ3) is 4.22. The molecular weight excluding hydrogens is 370 g/mol. The molecule has 0 aliphatic carbocycles. The van der Waals surface area contributed by atoms with Gasteiger partial charge in [0, 0.05) is 24.7 Å². The lowest BCUT2D eigenvalue weighted by atomic mass is 10.3. The van der Waals surface area contributed by atoms with Gasteiger partial charge in [0.25, 0.3) is 0 Å². The van der Waals surface area contributed by atoms with Crippen molar-refractivity contribution in [1.29, 1.82) is 0 Å². The van der Waals surface area contributed by atoms with E-state index < -0.39 is 0 Å². The molecular formula is C18H22ClN5OS. The van der Waals surface area contributed by atoms with Gasteiger partial charge in [-0.15, -0.1) is 16.8 Å². The first kappa shape index (κ1) is 18.8. The molecule has 6 nitrogen and oxygen atoms in total. The quantitative estimate of drug-likeness (QED) is 0.579. The van der Waals surface area contributed by atoms with Gasteiger partial charge in [0.1, 0.15) is 0 Å². The summed E-state index contributed by atoms with van der Waals surface area (Å²) >= 11 is 7.57. The Hall–Kier alpha value is -1.99. The standard InChI is InChI=1S/C18H22ClN5OS/c1-3-9-20-16(25)13(2)26-18-22-21-17(23-10-4-5-11-23)24(18)15-8-6-7-14(19)12-15/h3,6-8,12-13H,1,4-5,9-11H2,2H3,(H,20,25)/t13-/m1/s1. The molecule has 1 aliphatic heterocycles. The minimum Gasteiger partial charge on any atom is -0.352 e. The first-order valence-electron chi connectivity index (χ1n) is 8.61. The SMILES string of the molecule is C=CCNC(=O)[C@@H](C)Sc1nnc(N2CCCC2)n1-c1cccc(Cl)c1. The summed E-state index contributed by atoms with van der Waals surface area (Å²) < 4.78 is 1.99. The second kappa shape index (κ2) is 8.60. The van der Waals surface area contributed by atoms with Gasteiger partial charge in [0.05, 0.1) is 10.9 Å². The number of rotatable bonds is 7. The first-order chi connectivity index (χ1) is 12.6. The second-order valence-corrected chi connectivity index (χ2v) is 7.83. The van der Waals surface area contributed by atoms with Crippen molar-refractivity contribution in [3.05, 3.63) is 41.9 Å². The Bertz CT molecular complexity index is 788. The van der Waals surface area contributed by atoms with E-state index >= 15 is 0 Å². The molecule has 0 radical (unpaired) electrons. The minimum absolute atomic E-state index is 0.0572. The molecule has 8 heteroatoms. The van der Waals surface area contributed by atoms with Gasteiger partial charge in [0.2, 0.25) is 11.9 Å². The minimum atomic E-state index is -0.302. The lowest BCUT2D eigenvalue weighted by molar-refractivity contribution is -0.120. The average molecular weight is 392 g/mol. The number of aromatic nitrogens is 3. The van der Waals surface area contributed by atoms with E-state index in [9.17, 15) is 4.79 Å². The van der Waals surface area contributed by atoms with E-state index in [4.69, 9.17) is 11.6 Å². The van der Waals surface area contributed by atoms with E-state index in [-0.39, 0.29) is 11.2 Å². The highest BCUT2D eigenvalue weighted by atomic mass is 35.5. The summed E-state index contributed by atoms with van der Waals surface area (Å²) in [7, 11) is 0. The van der Waals surface area contributed by atoms with E-state index in [2.05, 4.69) is 27.0 Å². The van der Waals surface area contributed by atoms with Crippen molar-refractivity contribution in [3.8, 4) is 5.69 Å². The summed E-state index contributed by atoms with van der Waals surface area (Å²) in [5, 5.41) is 12.6. The number of carbonyl (C=O) groups excluding carboxylic acids is 1. The molecule has 1 fully saturated rings. The van der Waals surface area contributed by atoms with Crippen LogP contribution in [0.2, 0.25) is 5.02 Å². The Morgan fingerprint density at radius 3 is 2.88 bits per heavy atom. The molecule has 1 atom stereocenters. The molecule has 138 valence electrons. The highest BCUT2D eigenvalue weighted by molar-refractivity contribution is 8.00. The zero-order chi connectivity index (χ0) is 18.5. The largest absolute Gasteiger partial charge is 0.352 e. The van der Waals surface area contributed by atoms with Crippen LogP contribution in [-0.4, -0.2) is 45.6 Å². The summed E-state index contributed by atoms with van der Waals surface area (Å²) in [5.41, 5.74) is 0.894. The van der Waals surface area contributed by atoms with E-state index in [1.807, 2.05) is 35.8 Å². The van der Waals surface area contributed by atoms with Crippen molar-refractivity contribution in [3.63, 3.8) is 0 Å². The Morgan fingerprint density at radius 2 is 2.19 bits per heavy atom. The number of nitrogens with zero attached hydrogens (tertiary/aromatic N) is 4. The Kier molecular flexibility index (Phi) is 6.21. The van der Waals surface area contributed by atoms with Crippen LogP contribution < -0.4 is 10.2 Å². The third-order valence-electron chi connectivity index (χ3n) is 4.14. The summed E-state index contributed by atoms with van der Waals surface area (Å²) in [6.45, 7) is 7.84. The van der Waals surface area contributed by atoms with Crippen LogP contribution >= 0.6 is 23.4 Å². The van der Waals surface area contributed by atoms with Crippen LogP contribution in [-0.2, 0) is 4.79 Å². The summed E-state index contributed by atoms with van der Waals surface area (Å²) in [6, 6.07) is 7.60. The van der Waals surface area contributed by atoms with Crippen LogP contribution in [0.5, 0.6) is 0 Å². The maximum atomic E-state index is 12.2. The molecule has 1 aliphatic rings. The first-order valence-corrected chi connectivity index (χ1v) is 9.87. The Morgan fingerprint density at radius 1 is 1.42 bits per heavy atom. The second-order valence-electron chi connectivity index (χ2n) is 6.09. The van der Waals surface area contributed by atoms with Gasteiger partial charge in [-0.05, 0) is 38.0 Å². The van der Waals surface area contributed by atoms with Gasteiger partial charge in [0.15, 0.2) is 5.16 Å². The highest BCUT2D eigenvalue weighted by Crippen LogP contribution is 2.31. The molecule has 0 unspecified atom stereocenters. The number of carbonyl (C=O) groups is 1.